The molecule has 0 aliphatic carbocycles. The molecule has 7 nitrogen and oxygen atoms in total. The first kappa shape index (κ1) is 21.1. The summed E-state index contributed by atoms with van der Waals surface area (Å²) in [5.41, 5.74) is 10.8. The molecule has 0 unspecified atom stereocenters. The Morgan fingerprint density at radius 1 is 0.964 bits per heavy atom. The highest BCUT2D eigenvalue weighted by atomic mass is 16.5. The van der Waals surface area contributed by atoms with Crippen molar-refractivity contribution in [3.8, 4) is 17.2 Å². The maximum Gasteiger partial charge on any atom is 0.271 e. The molecule has 0 spiro atoms. The van der Waals surface area contributed by atoms with E-state index >= 15 is 0 Å². The van der Waals surface area contributed by atoms with E-state index < -0.39 is 0 Å². The van der Waals surface area contributed by atoms with E-state index in [9.17, 15) is 4.79 Å². The third-order valence-corrected chi connectivity index (χ3v) is 3.80. The van der Waals surface area contributed by atoms with E-state index in [2.05, 4.69) is 10.5 Å². The highest BCUT2D eigenvalue weighted by Crippen LogP contribution is 2.39. The normalized spacial score (nSPS) is 11.1. The molecule has 0 fully saturated rings. The molecule has 0 aliphatic rings. The first-order valence-corrected chi connectivity index (χ1v) is 9.27. The molecule has 0 heterocycles. The fourth-order valence-electron chi connectivity index (χ4n) is 2.55. The molecule has 0 radical (unpaired) electrons. The molecule has 2 rings (SSSR count). The van der Waals surface area contributed by atoms with Crippen molar-refractivity contribution in [2.75, 3.05) is 25.6 Å². The number of benzene rings is 2. The largest absolute Gasteiger partial charge is 0.490 e. The Kier molecular flexibility index (Phi) is 7.68. The summed E-state index contributed by atoms with van der Waals surface area (Å²) in [5, 5.41) is 4.17. The van der Waals surface area contributed by atoms with Gasteiger partial charge in [0, 0.05) is 11.3 Å². The number of anilines is 1. The first-order valence-electron chi connectivity index (χ1n) is 9.27. The average molecular weight is 385 g/mol. The minimum Gasteiger partial charge on any atom is -0.490 e. The molecular formula is C21H27N3O4. The second-order valence-corrected chi connectivity index (χ2v) is 5.86. The molecule has 0 atom stereocenters. The second kappa shape index (κ2) is 10.2. The average Bonchev–Trinajstić information content (AvgIpc) is 2.68. The molecule has 7 heteroatoms. The van der Waals surface area contributed by atoms with Crippen LogP contribution in [-0.2, 0) is 0 Å². The van der Waals surface area contributed by atoms with Crippen molar-refractivity contribution in [3.05, 3.63) is 47.5 Å². The molecule has 0 saturated carbocycles. The predicted octanol–water partition coefficient (Wildman–Crippen LogP) is 3.62. The van der Waals surface area contributed by atoms with Gasteiger partial charge in [-0.1, -0.05) is 12.1 Å². The van der Waals surface area contributed by atoms with Gasteiger partial charge in [0.1, 0.15) is 0 Å². The number of hydrogen-bond acceptors (Lipinski definition) is 6. The van der Waals surface area contributed by atoms with Crippen molar-refractivity contribution >= 4 is 17.3 Å². The topological polar surface area (TPSA) is 95.2 Å². The number of hydrogen-bond donors (Lipinski definition) is 2. The van der Waals surface area contributed by atoms with Crippen LogP contribution in [0.15, 0.2) is 41.5 Å². The van der Waals surface area contributed by atoms with E-state index in [4.69, 9.17) is 19.9 Å². The maximum absolute atomic E-state index is 12.6. The van der Waals surface area contributed by atoms with Crippen molar-refractivity contribution in [3.63, 3.8) is 0 Å². The standard InChI is InChI=1S/C21H27N3O4/c1-5-26-18-12-16(13-19(27-6-2)20(18)28-7-3)21(25)24-23-14(4)15-9-8-10-17(22)11-15/h8-13H,5-7,22H2,1-4H3,(H,24,25). The van der Waals surface area contributed by atoms with Crippen molar-refractivity contribution in [1.82, 2.24) is 5.43 Å². The number of nitrogen functional groups attached to an aromatic ring is 1. The third-order valence-electron chi connectivity index (χ3n) is 3.80. The molecule has 150 valence electrons. The van der Waals surface area contributed by atoms with E-state index in [0.717, 1.165) is 5.56 Å². The number of amides is 1. The van der Waals surface area contributed by atoms with E-state index in [0.29, 0.717) is 54.0 Å². The summed E-state index contributed by atoms with van der Waals surface area (Å²) in [5.74, 6) is 1.02. The van der Waals surface area contributed by atoms with Gasteiger partial charge in [0.05, 0.1) is 25.5 Å². The maximum atomic E-state index is 12.6. The minimum absolute atomic E-state index is 0.361. The molecule has 28 heavy (non-hydrogen) atoms. The molecule has 0 aliphatic heterocycles. The Hall–Kier alpha value is -3.22. The van der Waals surface area contributed by atoms with Gasteiger partial charge in [-0.2, -0.15) is 5.10 Å². The number of nitrogens with one attached hydrogen (secondary N) is 1. The number of ether oxygens (including phenoxy) is 3. The number of carbonyl (C=O) groups excluding carboxylic acids is 1. The Morgan fingerprint density at radius 2 is 1.57 bits per heavy atom. The molecule has 0 bridgehead atoms. The van der Waals surface area contributed by atoms with Gasteiger partial charge in [0.15, 0.2) is 11.5 Å². The van der Waals surface area contributed by atoms with Crippen molar-refractivity contribution in [1.29, 1.82) is 0 Å². The van der Waals surface area contributed by atoms with Crippen LogP contribution >= 0.6 is 0 Å². The van der Waals surface area contributed by atoms with Crippen LogP contribution in [0.1, 0.15) is 43.6 Å². The van der Waals surface area contributed by atoms with Gasteiger partial charge in [-0.3, -0.25) is 4.79 Å². The fourth-order valence-corrected chi connectivity index (χ4v) is 2.55. The first-order chi connectivity index (χ1) is 13.5. The summed E-state index contributed by atoms with van der Waals surface area (Å²) in [7, 11) is 0. The van der Waals surface area contributed by atoms with Gasteiger partial charge in [0.25, 0.3) is 5.91 Å². The number of nitrogens with zero attached hydrogens (tertiary/aromatic N) is 1. The molecule has 2 aromatic carbocycles. The number of carbonyl (C=O) groups is 1. The number of hydrazone groups is 1. The molecule has 2 aromatic rings. The lowest BCUT2D eigenvalue weighted by Gasteiger charge is -2.16. The fraction of sp³-hybridized carbons (Fsp3) is 0.333. The highest BCUT2D eigenvalue weighted by Gasteiger charge is 2.18. The van der Waals surface area contributed by atoms with Gasteiger partial charge < -0.3 is 19.9 Å². The number of nitrogens with two attached hydrogens (primary N) is 1. The van der Waals surface area contributed by atoms with Crippen LogP contribution in [0.3, 0.4) is 0 Å². The lowest BCUT2D eigenvalue weighted by Crippen LogP contribution is -2.20. The molecule has 0 saturated heterocycles. The summed E-state index contributed by atoms with van der Waals surface area (Å²) in [4.78, 5) is 12.6. The van der Waals surface area contributed by atoms with E-state index in [-0.39, 0.29) is 5.91 Å². The van der Waals surface area contributed by atoms with Crippen molar-refractivity contribution < 1.29 is 19.0 Å². The van der Waals surface area contributed by atoms with Crippen molar-refractivity contribution in [2.24, 2.45) is 5.10 Å². The third kappa shape index (κ3) is 5.39. The summed E-state index contributed by atoms with van der Waals surface area (Å²) in [6.45, 7) is 8.72. The van der Waals surface area contributed by atoms with Crippen molar-refractivity contribution in [2.45, 2.75) is 27.7 Å². The zero-order chi connectivity index (χ0) is 20.5. The second-order valence-electron chi connectivity index (χ2n) is 5.86. The highest BCUT2D eigenvalue weighted by molar-refractivity contribution is 6.01. The van der Waals surface area contributed by atoms with E-state index in [1.165, 1.54) is 0 Å². The quantitative estimate of drug-likeness (QED) is 0.390. The van der Waals surface area contributed by atoms with Crippen LogP contribution in [0.4, 0.5) is 5.69 Å². The van der Waals surface area contributed by atoms with Gasteiger partial charge in [0.2, 0.25) is 5.75 Å². The van der Waals surface area contributed by atoms with Gasteiger partial charge in [-0.15, -0.1) is 0 Å². The van der Waals surface area contributed by atoms with Crippen LogP contribution < -0.4 is 25.4 Å². The Labute approximate surface area is 165 Å². The zero-order valence-corrected chi connectivity index (χ0v) is 16.7. The van der Waals surface area contributed by atoms with Gasteiger partial charge >= 0.3 is 0 Å². The van der Waals surface area contributed by atoms with Crippen LogP contribution in [-0.4, -0.2) is 31.4 Å². The predicted molar refractivity (Wildman–Crippen MR) is 110 cm³/mol. The molecular weight excluding hydrogens is 358 g/mol. The zero-order valence-electron chi connectivity index (χ0n) is 16.7. The van der Waals surface area contributed by atoms with Crippen LogP contribution in [0.5, 0.6) is 17.2 Å². The smallest absolute Gasteiger partial charge is 0.271 e. The Balaban J connectivity index is 2.29. The van der Waals surface area contributed by atoms with Gasteiger partial charge in [-0.05, 0) is 57.5 Å². The lowest BCUT2D eigenvalue weighted by molar-refractivity contribution is 0.0953. The van der Waals surface area contributed by atoms with Crippen LogP contribution in [0.2, 0.25) is 0 Å². The lowest BCUT2D eigenvalue weighted by atomic mass is 10.1. The van der Waals surface area contributed by atoms with E-state index in [1.54, 1.807) is 31.2 Å². The number of rotatable bonds is 9. The van der Waals surface area contributed by atoms with Gasteiger partial charge in [-0.25, -0.2) is 5.43 Å². The molecule has 3 N–H and O–H groups in total. The van der Waals surface area contributed by atoms with Crippen LogP contribution in [0.25, 0.3) is 0 Å². The summed E-state index contributed by atoms with van der Waals surface area (Å²) in [6.07, 6.45) is 0. The van der Waals surface area contributed by atoms with E-state index in [1.807, 2.05) is 32.9 Å². The summed E-state index contributed by atoms with van der Waals surface area (Å²) >= 11 is 0. The monoisotopic (exact) mass is 385 g/mol. The Morgan fingerprint density at radius 3 is 2.11 bits per heavy atom. The molecule has 1 amide bonds. The Bertz CT molecular complexity index is 822. The van der Waals surface area contributed by atoms with Crippen LogP contribution in [0, 0.1) is 0 Å². The SMILES string of the molecule is CCOc1cc(C(=O)NN=C(C)c2cccc(N)c2)cc(OCC)c1OCC. The minimum atomic E-state index is -0.381. The summed E-state index contributed by atoms with van der Waals surface area (Å²) < 4.78 is 16.9. The molecule has 0 aromatic heterocycles. The summed E-state index contributed by atoms with van der Waals surface area (Å²) in [6, 6.07) is 10.5.